The van der Waals surface area contributed by atoms with Crippen molar-refractivity contribution in [2.45, 2.75) is 57.9 Å². The van der Waals surface area contributed by atoms with Gasteiger partial charge in [0.15, 0.2) is 0 Å². The molecule has 182 valence electrons. The summed E-state index contributed by atoms with van der Waals surface area (Å²) in [5, 5.41) is 14.5. The topological polar surface area (TPSA) is 105 Å². The van der Waals surface area contributed by atoms with Crippen LogP contribution in [-0.2, 0) is 14.3 Å². The van der Waals surface area contributed by atoms with E-state index in [1.807, 2.05) is 38.1 Å². The first-order valence-corrected chi connectivity index (χ1v) is 12.0. The number of nitrogens with one attached hydrogen (secondary N) is 2. The third-order valence-electron chi connectivity index (χ3n) is 6.22. The molecule has 0 bridgehead atoms. The van der Waals surface area contributed by atoms with Crippen molar-refractivity contribution in [2.75, 3.05) is 13.2 Å². The molecular formula is C27H34N2O5. The fourth-order valence-electron chi connectivity index (χ4n) is 4.53. The maximum atomic E-state index is 12.6. The molecule has 0 saturated carbocycles. The number of carboxylic acids is 1. The molecule has 7 heteroatoms. The van der Waals surface area contributed by atoms with Gasteiger partial charge in [-0.15, -0.1) is 0 Å². The fourth-order valence-corrected chi connectivity index (χ4v) is 4.53. The van der Waals surface area contributed by atoms with Gasteiger partial charge in [-0.1, -0.05) is 68.8 Å². The van der Waals surface area contributed by atoms with Crippen LogP contribution in [0.5, 0.6) is 0 Å². The summed E-state index contributed by atoms with van der Waals surface area (Å²) >= 11 is 0. The van der Waals surface area contributed by atoms with Crippen LogP contribution in [0.25, 0.3) is 11.1 Å². The first-order chi connectivity index (χ1) is 16.4. The van der Waals surface area contributed by atoms with Crippen LogP contribution >= 0.6 is 0 Å². The highest BCUT2D eigenvalue weighted by atomic mass is 16.5. The second-order valence-corrected chi connectivity index (χ2v) is 9.00. The number of aliphatic carboxylic acids is 1. The number of fused-ring (bicyclic) bond motifs is 3. The molecule has 3 N–H and O–H groups in total. The molecule has 0 saturated heterocycles. The maximum Gasteiger partial charge on any atom is 0.407 e. The molecule has 2 amide bonds. The maximum absolute atomic E-state index is 12.6. The van der Waals surface area contributed by atoms with Crippen LogP contribution in [0, 0.1) is 5.92 Å². The highest BCUT2D eigenvalue weighted by Gasteiger charge is 2.29. The second-order valence-electron chi connectivity index (χ2n) is 9.00. The Morgan fingerprint density at radius 2 is 1.59 bits per heavy atom. The third kappa shape index (κ3) is 6.83. The number of benzene rings is 2. The Hall–Kier alpha value is -3.35. The molecule has 0 heterocycles. The van der Waals surface area contributed by atoms with Gasteiger partial charge >= 0.3 is 12.1 Å². The molecule has 2 aromatic rings. The number of carbonyl (C=O) groups excluding carboxylic acids is 2. The number of carboxylic acid groups (broad SMARTS) is 1. The van der Waals surface area contributed by atoms with E-state index < -0.39 is 12.1 Å². The van der Waals surface area contributed by atoms with Gasteiger partial charge in [-0.3, -0.25) is 9.59 Å². The zero-order valence-electron chi connectivity index (χ0n) is 19.9. The van der Waals surface area contributed by atoms with Crippen molar-refractivity contribution in [3.05, 3.63) is 59.7 Å². The van der Waals surface area contributed by atoms with Gasteiger partial charge in [-0.25, -0.2) is 4.79 Å². The standard InChI is InChI=1S/C27H34N2O5/c1-3-8-19(16-25(30)28-14-13-18(2)15-26(31)32)29-27(33)34-17-24-22-11-6-4-9-20(22)21-10-5-7-12-23(21)24/h4-7,9-12,18-19,24H,3,8,13-17H2,1-2H3,(H,28,30)(H,29,33)(H,31,32)/t18?,19-/m1/s1. The summed E-state index contributed by atoms with van der Waals surface area (Å²) in [6, 6.07) is 16.0. The number of hydrogen-bond donors (Lipinski definition) is 3. The lowest BCUT2D eigenvalue weighted by Gasteiger charge is -2.19. The first-order valence-electron chi connectivity index (χ1n) is 12.0. The van der Waals surface area contributed by atoms with Gasteiger partial charge in [0.1, 0.15) is 6.61 Å². The number of alkyl carbamates (subject to hydrolysis) is 1. The second kappa shape index (κ2) is 12.2. The van der Waals surface area contributed by atoms with E-state index >= 15 is 0 Å². The smallest absolute Gasteiger partial charge is 0.407 e. The lowest BCUT2D eigenvalue weighted by atomic mass is 9.98. The van der Waals surface area contributed by atoms with Crippen LogP contribution in [0.3, 0.4) is 0 Å². The Kier molecular flexibility index (Phi) is 9.08. The Bertz CT molecular complexity index is 961. The van der Waals surface area contributed by atoms with Gasteiger partial charge in [0.05, 0.1) is 0 Å². The molecule has 34 heavy (non-hydrogen) atoms. The van der Waals surface area contributed by atoms with Gasteiger partial charge < -0.3 is 20.5 Å². The number of amides is 2. The molecular weight excluding hydrogens is 432 g/mol. The van der Waals surface area contributed by atoms with E-state index in [1.54, 1.807) is 0 Å². The third-order valence-corrected chi connectivity index (χ3v) is 6.22. The number of rotatable bonds is 12. The minimum absolute atomic E-state index is 0.0109. The van der Waals surface area contributed by atoms with Crippen LogP contribution in [0.1, 0.15) is 63.0 Å². The molecule has 0 aromatic heterocycles. The van der Waals surface area contributed by atoms with Crippen molar-refractivity contribution in [1.82, 2.24) is 10.6 Å². The molecule has 0 radical (unpaired) electrons. The van der Waals surface area contributed by atoms with E-state index in [-0.39, 0.29) is 43.2 Å². The fraction of sp³-hybridized carbons (Fsp3) is 0.444. The van der Waals surface area contributed by atoms with Crippen LogP contribution in [0.2, 0.25) is 0 Å². The lowest BCUT2D eigenvalue weighted by molar-refractivity contribution is -0.138. The summed E-state index contributed by atoms with van der Waals surface area (Å²) in [6.07, 6.45) is 1.78. The monoisotopic (exact) mass is 466 g/mol. The lowest BCUT2D eigenvalue weighted by Crippen LogP contribution is -2.40. The van der Waals surface area contributed by atoms with Gasteiger partial charge in [0.25, 0.3) is 0 Å². The average molecular weight is 467 g/mol. The Morgan fingerprint density at radius 1 is 0.971 bits per heavy atom. The van der Waals surface area contributed by atoms with E-state index in [9.17, 15) is 14.4 Å². The molecule has 1 aliphatic rings. The van der Waals surface area contributed by atoms with Crippen molar-refractivity contribution < 1.29 is 24.2 Å². The van der Waals surface area contributed by atoms with Crippen LogP contribution in [-0.4, -0.2) is 42.3 Å². The van der Waals surface area contributed by atoms with Crippen LogP contribution < -0.4 is 10.6 Å². The average Bonchev–Trinajstić information content (AvgIpc) is 3.11. The number of ether oxygens (including phenoxy) is 1. The largest absolute Gasteiger partial charge is 0.481 e. The molecule has 7 nitrogen and oxygen atoms in total. The summed E-state index contributed by atoms with van der Waals surface area (Å²) in [5.74, 6) is -1.03. The summed E-state index contributed by atoms with van der Waals surface area (Å²) in [6.45, 7) is 4.49. The minimum atomic E-state index is -0.839. The van der Waals surface area contributed by atoms with E-state index in [4.69, 9.17) is 9.84 Å². The number of hydrogen-bond acceptors (Lipinski definition) is 4. The molecule has 0 fully saturated rings. The molecule has 1 unspecified atom stereocenters. The van der Waals surface area contributed by atoms with Crippen molar-refractivity contribution in [2.24, 2.45) is 5.92 Å². The van der Waals surface area contributed by atoms with Gasteiger partial charge in [0, 0.05) is 31.3 Å². The number of carbonyl (C=O) groups is 3. The zero-order chi connectivity index (χ0) is 24.5. The van der Waals surface area contributed by atoms with E-state index in [0.29, 0.717) is 19.4 Å². The molecule has 2 atom stereocenters. The van der Waals surface area contributed by atoms with Crippen molar-refractivity contribution in [3.63, 3.8) is 0 Å². The minimum Gasteiger partial charge on any atom is -0.481 e. The molecule has 1 aliphatic carbocycles. The van der Waals surface area contributed by atoms with Crippen LogP contribution in [0.4, 0.5) is 4.79 Å². The predicted molar refractivity (Wildman–Crippen MR) is 131 cm³/mol. The summed E-state index contributed by atoms with van der Waals surface area (Å²) in [4.78, 5) is 35.7. The van der Waals surface area contributed by atoms with E-state index in [1.165, 1.54) is 11.1 Å². The van der Waals surface area contributed by atoms with Crippen molar-refractivity contribution in [3.8, 4) is 11.1 Å². The van der Waals surface area contributed by atoms with Crippen molar-refractivity contribution in [1.29, 1.82) is 0 Å². The highest BCUT2D eigenvalue weighted by Crippen LogP contribution is 2.44. The van der Waals surface area contributed by atoms with Crippen LogP contribution in [0.15, 0.2) is 48.5 Å². The molecule has 2 aromatic carbocycles. The van der Waals surface area contributed by atoms with Crippen molar-refractivity contribution >= 4 is 18.0 Å². The first kappa shape index (κ1) is 25.3. The highest BCUT2D eigenvalue weighted by molar-refractivity contribution is 5.79. The Balaban J connectivity index is 1.49. The summed E-state index contributed by atoms with van der Waals surface area (Å²) < 4.78 is 5.61. The normalized spacial score (nSPS) is 13.9. The quantitative estimate of drug-likeness (QED) is 0.421. The van der Waals surface area contributed by atoms with E-state index in [0.717, 1.165) is 17.5 Å². The van der Waals surface area contributed by atoms with Gasteiger partial charge in [-0.05, 0) is 41.0 Å². The molecule has 0 aliphatic heterocycles. The zero-order valence-corrected chi connectivity index (χ0v) is 19.9. The van der Waals surface area contributed by atoms with E-state index in [2.05, 4.69) is 34.9 Å². The SMILES string of the molecule is CCC[C@H](CC(=O)NCCC(C)CC(=O)O)NC(=O)OCC1c2ccccc2-c2ccccc21. The Morgan fingerprint density at radius 3 is 2.18 bits per heavy atom. The van der Waals surface area contributed by atoms with Gasteiger partial charge in [0.2, 0.25) is 5.91 Å². The van der Waals surface area contributed by atoms with Gasteiger partial charge in [-0.2, -0.15) is 0 Å². The molecule has 3 rings (SSSR count). The summed E-state index contributed by atoms with van der Waals surface area (Å²) in [5.41, 5.74) is 4.65. The summed E-state index contributed by atoms with van der Waals surface area (Å²) in [7, 11) is 0. The predicted octanol–water partition coefficient (Wildman–Crippen LogP) is 4.70. The Labute approximate surface area is 200 Å². The molecule has 0 spiro atoms.